The van der Waals surface area contributed by atoms with Crippen LogP contribution in [0.5, 0.6) is 0 Å². The van der Waals surface area contributed by atoms with Crippen molar-refractivity contribution in [2.75, 3.05) is 38.2 Å². The SMILES string of the molecule is NCc1nc(C(=O)Nc2ccc(CCN3CCOCC3)cc2)cs1. The third kappa shape index (κ3) is 4.61. The number of thiazole rings is 1. The van der Waals surface area contributed by atoms with E-state index in [9.17, 15) is 4.79 Å². The fraction of sp³-hybridized carbons (Fsp3) is 0.412. The van der Waals surface area contributed by atoms with Gasteiger partial charge < -0.3 is 15.8 Å². The van der Waals surface area contributed by atoms with Gasteiger partial charge in [-0.1, -0.05) is 12.1 Å². The number of hydrogen-bond donors (Lipinski definition) is 2. The number of rotatable bonds is 6. The maximum absolute atomic E-state index is 12.1. The minimum absolute atomic E-state index is 0.202. The Morgan fingerprint density at radius 1 is 1.29 bits per heavy atom. The molecule has 7 heteroatoms. The monoisotopic (exact) mass is 346 g/mol. The smallest absolute Gasteiger partial charge is 0.275 e. The summed E-state index contributed by atoms with van der Waals surface area (Å²) in [6.45, 7) is 5.06. The predicted octanol–water partition coefficient (Wildman–Crippen LogP) is 1.73. The summed E-state index contributed by atoms with van der Waals surface area (Å²) in [6.07, 6.45) is 1.00. The van der Waals surface area contributed by atoms with Gasteiger partial charge in [-0.15, -0.1) is 11.3 Å². The van der Waals surface area contributed by atoms with Crippen LogP contribution in [0.2, 0.25) is 0 Å². The molecule has 1 aliphatic heterocycles. The van der Waals surface area contributed by atoms with Crippen molar-refractivity contribution in [1.29, 1.82) is 0 Å². The highest BCUT2D eigenvalue weighted by molar-refractivity contribution is 7.09. The zero-order chi connectivity index (χ0) is 16.8. The Morgan fingerprint density at radius 3 is 2.71 bits per heavy atom. The molecule has 3 N–H and O–H groups in total. The Morgan fingerprint density at radius 2 is 2.04 bits per heavy atom. The molecule has 1 fully saturated rings. The summed E-state index contributed by atoms with van der Waals surface area (Å²) in [5, 5.41) is 5.36. The lowest BCUT2D eigenvalue weighted by molar-refractivity contribution is 0.0384. The van der Waals surface area contributed by atoms with Crippen molar-refractivity contribution in [3.8, 4) is 0 Å². The fourth-order valence-electron chi connectivity index (χ4n) is 2.57. The summed E-state index contributed by atoms with van der Waals surface area (Å²) < 4.78 is 5.36. The van der Waals surface area contributed by atoms with Gasteiger partial charge in [-0.2, -0.15) is 0 Å². The molecule has 0 aliphatic carbocycles. The summed E-state index contributed by atoms with van der Waals surface area (Å²) in [5.74, 6) is -0.202. The Hall–Kier alpha value is -1.80. The van der Waals surface area contributed by atoms with E-state index in [1.807, 2.05) is 12.1 Å². The van der Waals surface area contributed by atoms with Gasteiger partial charge in [-0.25, -0.2) is 4.98 Å². The number of anilines is 1. The first-order valence-electron chi connectivity index (χ1n) is 8.09. The van der Waals surface area contributed by atoms with Gasteiger partial charge in [0.25, 0.3) is 5.91 Å². The molecule has 1 aliphatic rings. The van der Waals surface area contributed by atoms with Crippen molar-refractivity contribution in [3.63, 3.8) is 0 Å². The largest absolute Gasteiger partial charge is 0.379 e. The first kappa shape index (κ1) is 17.0. The fourth-order valence-corrected chi connectivity index (χ4v) is 3.23. The van der Waals surface area contributed by atoms with Gasteiger partial charge in [0, 0.05) is 37.2 Å². The highest BCUT2D eigenvalue weighted by Crippen LogP contribution is 2.14. The average molecular weight is 346 g/mol. The number of carbonyl (C=O) groups excluding carboxylic acids is 1. The van der Waals surface area contributed by atoms with Gasteiger partial charge in [0.15, 0.2) is 0 Å². The van der Waals surface area contributed by atoms with Crippen LogP contribution in [0.25, 0.3) is 0 Å². The molecule has 0 radical (unpaired) electrons. The van der Waals surface area contributed by atoms with Gasteiger partial charge in [0.05, 0.1) is 13.2 Å². The summed E-state index contributed by atoms with van der Waals surface area (Å²) in [7, 11) is 0. The van der Waals surface area contributed by atoms with Crippen LogP contribution in [-0.2, 0) is 17.7 Å². The van der Waals surface area contributed by atoms with E-state index in [-0.39, 0.29) is 5.91 Å². The van der Waals surface area contributed by atoms with E-state index in [0.717, 1.165) is 50.0 Å². The first-order valence-corrected chi connectivity index (χ1v) is 8.97. The molecule has 3 rings (SSSR count). The lowest BCUT2D eigenvalue weighted by Gasteiger charge is -2.26. The molecular formula is C17H22N4O2S. The number of nitrogens with zero attached hydrogens (tertiary/aromatic N) is 2. The highest BCUT2D eigenvalue weighted by atomic mass is 32.1. The van der Waals surface area contributed by atoms with E-state index in [1.165, 1.54) is 16.9 Å². The number of hydrogen-bond acceptors (Lipinski definition) is 6. The van der Waals surface area contributed by atoms with Crippen LogP contribution < -0.4 is 11.1 Å². The molecule has 2 heterocycles. The molecule has 0 atom stereocenters. The van der Waals surface area contributed by atoms with Crippen molar-refractivity contribution in [3.05, 3.63) is 45.9 Å². The number of carbonyl (C=O) groups is 1. The van der Waals surface area contributed by atoms with Crippen LogP contribution in [0.4, 0.5) is 5.69 Å². The number of aromatic nitrogens is 1. The number of ether oxygens (including phenoxy) is 1. The average Bonchev–Trinajstić information content (AvgIpc) is 3.11. The zero-order valence-electron chi connectivity index (χ0n) is 13.5. The Labute approximate surface area is 145 Å². The standard InChI is InChI=1S/C17H22N4O2S/c18-11-16-20-15(12-24-16)17(22)19-14-3-1-13(2-4-14)5-6-21-7-9-23-10-8-21/h1-4,12H,5-11,18H2,(H,19,22). The second kappa shape index (κ2) is 8.34. The summed E-state index contributed by atoms with van der Waals surface area (Å²) in [6, 6.07) is 7.98. The molecular weight excluding hydrogens is 324 g/mol. The quantitative estimate of drug-likeness (QED) is 0.833. The molecule has 24 heavy (non-hydrogen) atoms. The molecule has 0 bridgehead atoms. The van der Waals surface area contributed by atoms with Gasteiger partial charge in [-0.3, -0.25) is 9.69 Å². The summed E-state index contributed by atoms with van der Waals surface area (Å²) in [5.41, 5.74) is 7.97. The van der Waals surface area contributed by atoms with E-state index in [1.54, 1.807) is 5.38 Å². The van der Waals surface area contributed by atoms with Crippen molar-refractivity contribution in [1.82, 2.24) is 9.88 Å². The van der Waals surface area contributed by atoms with Gasteiger partial charge in [-0.05, 0) is 24.1 Å². The van der Waals surface area contributed by atoms with E-state index < -0.39 is 0 Å². The highest BCUT2D eigenvalue weighted by Gasteiger charge is 2.11. The Balaban J connectivity index is 1.51. The zero-order valence-corrected chi connectivity index (χ0v) is 14.3. The van der Waals surface area contributed by atoms with Gasteiger partial charge in [0.1, 0.15) is 10.7 Å². The van der Waals surface area contributed by atoms with Crippen LogP contribution >= 0.6 is 11.3 Å². The normalized spacial score (nSPS) is 15.4. The van der Waals surface area contributed by atoms with Crippen molar-refractivity contribution < 1.29 is 9.53 Å². The minimum Gasteiger partial charge on any atom is -0.379 e. The molecule has 2 aromatic rings. The summed E-state index contributed by atoms with van der Waals surface area (Å²) >= 11 is 1.40. The molecule has 0 spiro atoms. The number of amides is 1. The molecule has 6 nitrogen and oxygen atoms in total. The predicted molar refractivity (Wildman–Crippen MR) is 95.4 cm³/mol. The second-order valence-electron chi connectivity index (χ2n) is 5.69. The first-order chi connectivity index (χ1) is 11.7. The third-order valence-electron chi connectivity index (χ3n) is 3.99. The van der Waals surface area contributed by atoms with Crippen LogP contribution in [0.15, 0.2) is 29.6 Å². The lowest BCUT2D eigenvalue weighted by Crippen LogP contribution is -2.37. The molecule has 1 aromatic carbocycles. The maximum Gasteiger partial charge on any atom is 0.275 e. The van der Waals surface area contributed by atoms with E-state index >= 15 is 0 Å². The number of nitrogens with two attached hydrogens (primary N) is 1. The molecule has 128 valence electrons. The van der Waals surface area contributed by atoms with Crippen LogP contribution in [0.3, 0.4) is 0 Å². The summed E-state index contributed by atoms with van der Waals surface area (Å²) in [4.78, 5) is 18.7. The van der Waals surface area contributed by atoms with Gasteiger partial charge >= 0.3 is 0 Å². The topological polar surface area (TPSA) is 80.5 Å². The minimum atomic E-state index is -0.202. The van der Waals surface area contributed by atoms with Crippen molar-refractivity contribution in [2.45, 2.75) is 13.0 Å². The van der Waals surface area contributed by atoms with E-state index in [2.05, 4.69) is 27.3 Å². The maximum atomic E-state index is 12.1. The third-order valence-corrected chi connectivity index (χ3v) is 4.86. The molecule has 1 amide bonds. The number of benzene rings is 1. The lowest BCUT2D eigenvalue weighted by atomic mass is 10.1. The van der Waals surface area contributed by atoms with E-state index in [4.69, 9.17) is 10.5 Å². The van der Waals surface area contributed by atoms with Crippen molar-refractivity contribution >= 4 is 22.9 Å². The van der Waals surface area contributed by atoms with Crippen LogP contribution in [0, 0.1) is 0 Å². The Kier molecular flexibility index (Phi) is 5.92. The van der Waals surface area contributed by atoms with Crippen LogP contribution in [0.1, 0.15) is 21.1 Å². The second-order valence-corrected chi connectivity index (χ2v) is 6.63. The van der Waals surface area contributed by atoms with Gasteiger partial charge in [0.2, 0.25) is 0 Å². The molecule has 0 unspecified atom stereocenters. The van der Waals surface area contributed by atoms with Crippen molar-refractivity contribution in [2.24, 2.45) is 5.73 Å². The molecule has 1 aromatic heterocycles. The Bertz CT molecular complexity index is 665. The van der Waals surface area contributed by atoms with E-state index in [0.29, 0.717) is 12.2 Å². The molecule has 0 saturated carbocycles. The number of morpholine rings is 1. The van der Waals surface area contributed by atoms with Crippen LogP contribution in [-0.4, -0.2) is 48.6 Å². The molecule has 1 saturated heterocycles. The number of nitrogens with one attached hydrogen (secondary N) is 1.